The van der Waals surface area contributed by atoms with Gasteiger partial charge in [-0.15, -0.1) is 0 Å². The van der Waals surface area contributed by atoms with Gasteiger partial charge in [0.2, 0.25) is 0 Å². The molecule has 0 aliphatic carbocycles. The Morgan fingerprint density at radius 1 is 1.47 bits per heavy atom. The highest BCUT2D eigenvalue weighted by Gasteiger charge is 2.10. The fraction of sp³-hybridized carbons (Fsp3) is 0.462. The third kappa shape index (κ3) is 4.15. The van der Waals surface area contributed by atoms with Crippen LogP contribution in [0.1, 0.15) is 31.1 Å². The minimum Gasteiger partial charge on any atom is -0.488 e. The number of ketones is 1. The molecule has 0 amide bonds. The van der Waals surface area contributed by atoms with Gasteiger partial charge in [-0.2, -0.15) is 0 Å². The van der Waals surface area contributed by atoms with Gasteiger partial charge in [0.25, 0.3) is 0 Å². The minimum absolute atomic E-state index is 0.0900. The summed E-state index contributed by atoms with van der Waals surface area (Å²) in [5.74, 6) is -0.442. The van der Waals surface area contributed by atoms with E-state index < -0.39 is 5.82 Å². The van der Waals surface area contributed by atoms with Crippen LogP contribution in [0.2, 0.25) is 0 Å². The van der Waals surface area contributed by atoms with E-state index in [1.54, 1.807) is 6.07 Å². The summed E-state index contributed by atoms with van der Waals surface area (Å²) in [5.41, 5.74) is 0.361. The average Bonchev–Trinajstić information content (AvgIpc) is 2.28. The molecule has 1 aromatic carbocycles. The molecule has 4 heteroatoms. The molecule has 94 valence electrons. The fourth-order valence-electron chi connectivity index (χ4n) is 1.36. The Hall–Kier alpha value is -1.42. The van der Waals surface area contributed by atoms with Gasteiger partial charge in [0.1, 0.15) is 0 Å². The molecule has 0 aliphatic heterocycles. The highest BCUT2D eigenvalue weighted by atomic mass is 19.1. The zero-order chi connectivity index (χ0) is 12.8. The Morgan fingerprint density at radius 2 is 2.18 bits per heavy atom. The second kappa shape index (κ2) is 6.35. The Balaban J connectivity index is 2.77. The zero-order valence-electron chi connectivity index (χ0n) is 10.4. The number of carbonyl (C=O) groups excluding carboxylic acids is 1. The topological polar surface area (TPSA) is 38.3 Å². The lowest BCUT2D eigenvalue weighted by Crippen LogP contribution is -2.22. The first kappa shape index (κ1) is 13.6. The molecular formula is C13H18FNO2. The van der Waals surface area contributed by atoms with Gasteiger partial charge in [0, 0.05) is 5.56 Å². The molecule has 0 saturated carbocycles. The number of carbonyl (C=O) groups is 1. The van der Waals surface area contributed by atoms with Gasteiger partial charge in [0.15, 0.2) is 17.3 Å². The number of hydrogen-bond donors (Lipinski definition) is 1. The molecule has 0 heterocycles. The van der Waals surface area contributed by atoms with Crippen molar-refractivity contribution in [2.45, 2.75) is 26.9 Å². The molecule has 17 heavy (non-hydrogen) atoms. The normalized spacial score (nSPS) is 10.6. The van der Waals surface area contributed by atoms with Crippen molar-refractivity contribution in [2.24, 2.45) is 0 Å². The van der Waals surface area contributed by atoms with Crippen LogP contribution in [0.4, 0.5) is 4.39 Å². The van der Waals surface area contributed by atoms with Crippen LogP contribution in [0.15, 0.2) is 18.2 Å². The van der Waals surface area contributed by atoms with Crippen LogP contribution >= 0.6 is 0 Å². The Bertz CT molecular complexity index is 391. The SMILES string of the molecule is CCNCC(=O)c1ccc(OC(C)C)c(F)c1. The number of ether oxygens (including phenoxy) is 1. The third-order valence-electron chi connectivity index (χ3n) is 2.15. The van der Waals surface area contributed by atoms with Gasteiger partial charge >= 0.3 is 0 Å². The van der Waals surface area contributed by atoms with Crippen molar-refractivity contribution in [1.29, 1.82) is 0 Å². The van der Waals surface area contributed by atoms with Gasteiger partial charge in [-0.05, 0) is 38.6 Å². The van der Waals surface area contributed by atoms with E-state index in [0.29, 0.717) is 12.1 Å². The molecular weight excluding hydrogens is 221 g/mol. The van der Waals surface area contributed by atoms with Crippen molar-refractivity contribution in [3.8, 4) is 5.75 Å². The summed E-state index contributed by atoms with van der Waals surface area (Å²) in [7, 11) is 0. The first-order chi connectivity index (χ1) is 8.04. The lowest BCUT2D eigenvalue weighted by Gasteiger charge is -2.11. The van der Waals surface area contributed by atoms with Crippen LogP contribution in [0.5, 0.6) is 5.75 Å². The molecule has 1 N–H and O–H groups in total. The minimum atomic E-state index is -0.499. The van der Waals surface area contributed by atoms with Crippen molar-refractivity contribution in [1.82, 2.24) is 5.32 Å². The quantitative estimate of drug-likeness (QED) is 0.775. The molecule has 1 rings (SSSR count). The third-order valence-corrected chi connectivity index (χ3v) is 2.15. The average molecular weight is 239 g/mol. The van der Waals surface area contributed by atoms with Crippen molar-refractivity contribution >= 4 is 5.78 Å². The molecule has 0 unspecified atom stereocenters. The molecule has 1 aromatic rings. The van der Waals surface area contributed by atoms with Crippen molar-refractivity contribution in [2.75, 3.05) is 13.1 Å². The molecule has 0 aromatic heterocycles. The molecule has 0 aliphatic rings. The highest BCUT2D eigenvalue weighted by molar-refractivity contribution is 5.97. The summed E-state index contributed by atoms with van der Waals surface area (Å²) in [6.45, 7) is 6.49. The molecule has 3 nitrogen and oxygen atoms in total. The lowest BCUT2D eigenvalue weighted by atomic mass is 10.1. The monoisotopic (exact) mass is 239 g/mol. The predicted octanol–water partition coefficient (Wildman–Crippen LogP) is 2.41. The molecule has 0 fully saturated rings. The number of nitrogens with one attached hydrogen (secondary N) is 1. The number of Topliss-reactive ketones (excluding diaryl/α,β-unsaturated/α-hetero) is 1. The summed E-state index contributed by atoms with van der Waals surface area (Å²) in [5, 5.41) is 2.91. The van der Waals surface area contributed by atoms with E-state index in [1.165, 1.54) is 12.1 Å². The van der Waals surface area contributed by atoms with Crippen LogP contribution in [0.3, 0.4) is 0 Å². The maximum Gasteiger partial charge on any atom is 0.176 e. The standard InChI is InChI=1S/C13H18FNO2/c1-4-15-8-12(16)10-5-6-13(11(14)7-10)17-9(2)3/h5-7,9,15H,4,8H2,1-3H3. The molecule has 0 spiro atoms. The maximum absolute atomic E-state index is 13.6. The van der Waals surface area contributed by atoms with Gasteiger partial charge in [0.05, 0.1) is 12.6 Å². The first-order valence-electron chi connectivity index (χ1n) is 5.74. The van der Waals surface area contributed by atoms with Crippen LogP contribution in [0.25, 0.3) is 0 Å². The Kier molecular flexibility index (Phi) is 5.10. The van der Waals surface area contributed by atoms with Gasteiger partial charge < -0.3 is 10.1 Å². The van der Waals surface area contributed by atoms with E-state index in [4.69, 9.17) is 4.74 Å². The number of likely N-dealkylation sites (N-methyl/N-ethyl adjacent to an activating group) is 1. The van der Waals surface area contributed by atoms with E-state index in [9.17, 15) is 9.18 Å². The molecule has 0 atom stereocenters. The fourth-order valence-corrected chi connectivity index (χ4v) is 1.36. The van der Waals surface area contributed by atoms with E-state index in [-0.39, 0.29) is 24.2 Å². The van der Waals surface area contributed by atoms with Crippen molar-refractivity contribution in [3.63, 3.8) is 0 Å². The van der Waals surface area contributed by atoms with Crippen molar-refractivity contribution < 1.29 is 13.9 Å². The van der Waals surface area contributed by atoms with Crippen LogP contribution in [0, 0.1) is 5.82 Å². The molecule has 0 bridgehead atoms. The number of hydrogen-bond acceptors (Lipinski definition) is 3. The smallest absolute Gasteiger partial charge is 0.176 e. The maximum atomic E-state index is 13.6. The second-order valence-corrected chi connectivity index (χ2v) is 4.02. The lowest BCUT2D eigenvalue weighted by molar-refractivity contribution is 0.0991. The van der Waals surface area contributed by atoms with Crippen molar-refractivity contribution in [3.05, 3.63) is 29.6 Å². The van der Waals surface area contributed by atoms with Gasteiger partial charge in [-0.1, -0.05) is 6.92 Å². The number of rotatable bonds is 6. The van der Waals surface area contributed by atoms with Crippen LogP contribution < -0.4 is 10.1 Å². The summed E-state index contributed by atoms with van der Waals surface area (Å²) in [6, 6.07) is 4.30. The second-order valence-electron chi connectivity index (χ2n) is 4.02. The summed E-state index contributed by atoms with van der Waals surface area (Å²) >= 11 is 0. The van der Waals surface area contributed by atoms with Crippen LogP contribution in [-0.4, -0.2) is 25.0 Å². The molecule has 0 saturated heterocycles. The first-order valence-corrected chi connectivity index (χ1v) is 5.74. The van der Waals surface area contributed by atoms with Gasteiger partial charge in [-0.3, -0.25) is 4.79 Å². The number of halogens is 1. The predicted molar refractivity (Wildman–Crippen MR) is 65.0 cm³/mol. The van der Waals surface area contributed by atoms with E-state index >= 15 is 0 Å². The van der Waals surface area contributed by atoms with E-state index in [2.05, 4.69) is 5.32 Å². The summed E-state index contributed by atoms with van der Waals surface area (Å²) in [6.07, 6.45) is -0.0900. The summed E-state index contributed by atoms with van der Waals surface area (Å²) in [4.78, 5) is 11.6. The summed E-state index contributed by atoms with van der Waals surface area (Å²) < 4.78 is 18.9. The van der Waals surface area contributed by atoms with Crippen LogP contribution in [-0.2, 0) is 0 Å². The van der Waals surface area contributed by atoms with Gasteiger partial charge in [-0.25, -0.2) is 4.39 Å². The number of benzene rings is 1. The molecule has 0 radical (unpaired) electrons. The Morgan fingerprint density at radius 3 is 2.71 bits per heavy atom. The van der Waals surface area contributed by atoms with E-state index in [0.717, 1.165) is 0 Å². The highest BCUT2D eigenvalue weighted by Crippen LogP contribution is 2.19. The Labute approximate surface area is 101 Å². The zero-order valence-corrected chi connectivity index (χ0v) is 10.4. The largest absolute Gasteiger partial charge is 0.488 e. The van der Waals surface area contributed by atoms with E-state index in [1.807, 2.05) is 20.8 Å².